The number of rotatable bonds is 9. The monoisotopic (exact) mass is 627 g/mol. The normalized spacial score (nSPS) is 18.8. The second-order valence-corrected chi connectivity index (χ2v) is 13.5. The van der Waals surface area contributed by atoms with E-state index in [4.69, 9.17) is 0 Å². The molecule has 0 unspecified atom stereocenters. The molecule has 1 saturated carbocycles. The van der Waals surface area contributed by atoms with Crippen molar-refractivity contribution in [3.05, 3.63) is 83.2 Å². The lowest BCUT2D eigenvalue weighted by atomic mass is 10.00. The van der Waals surface area contributed by atoms with Crippen LogP contribution in [0.15, 0.2) is 65.6 Å². The Morgan fingerprint density at radius 2 is 1.75 bits per heavy atom. The summed E-state index contributed by atoms with van der Waals surface area (Å²) in [6, 6.07) is 11.0. The van der Waals surface area contributed by atoms with Gasteiger partial charge >= 0.3 is 0 Å². The van der Waals surface area contributed by atoms with Gasteiger partial charge in [-0.3, -0.25) is 14.4 Å². The van der Waals surface area contributed by atoms with Crippen LogP contribution >= 0.6 is 0 Å². The molecule has 2 aliphatic rings. The highest BCUT2D eigenvalue weighted by molar-refractivity contribution is 7.90. The van der Waals surface area contributed by atoms with Crippen LogP contribution in [0.2, 0.25) is 0 Å². The van der Waals surface area contributed by atoms with Crippen LogP contribution in [-0.2, 0) is 19.4 Å². The molecule has 3 aromatic rings. The molecule has 0 bridgehead atoms. The molecular formula is C32H32F3N3O5S. The number of halogens is 3. The molecule has 1 heterocycles. The number of benzene rings is 3. The van der Waals surface area contributed by atoms with Gasteiger partial charge in [0.25, 0.3) is 11.8 Å². The number of hydrogen-bond acceptors (Lipinski definition) is 5. The van der Waals surface area contributed by atoms with Gasteiger partial charge in [-0.2, -0.15) is 0 Å². The number of fused-ring (bicyclic) bond motifs is 1. The van der Waals surface area contributed by atoms with Gasteiger partial charge in [-0.1, -0.05) is 30.4 Å². The second-order valence-electron chi connectivity index (χ2n) is 11.5. The number of nitrogens with zero attached hydrogens (tertiary/aromatic N) is 1. The van der Waals surface area contributed by atoms with Gasteiger partial charge in [0.1, 0.15) is 11.9 Å². The Morgan fingerprint density at radius 3 is 2.45 bits per heavy atom. The molecular weight excluding hydrogens is 595 g/mol. The van der Waals surface area contributed by atoms with Crippen LogP contribution < -0.4 is 10.6 Å². The van der Waals surface area contributed by atoms with Crippen molar-refractivity contribution in [3.8, 4) is 0 Å². The molecule has 0 aromatic heterocycles. The van der Waals surface area contributed by atoms with Crippen molar-refractivity contribution >= 4 is 44.4 Å². The van der Waals surface area contributed by atoms with Crippen molar-refractivity contribution in [2.75, 3.05) is 19.3 Å². The molecule has 2 N–H and O–H groups in total. The van der Waals surface area contributed by atoms with Crippen LogP contribution in [0.3, 0.4) is 0 Å². The van der Waals surface area contributed by atoms with E-state index in [1.54, 1.807) is 25.1 Å². The zero-order valence-electron chi connectivity index (χ0n) is 24.1. The number of allylic oxidation sites excluding steroid dienone is 1. The van der Waals surface area contributed by atoms with Gasteiger partial charge in [-0.25, -0.2) is 21.6 Å². The molecule has 3 amide bonds. The lowest BCUT2D eigenvalue weighted by Crippen LogP contribution is -2.49. The summed E-state index contributed by atoms with van der Waals surface area (Å²) < 4.78 is 66.7. The van der Waals surface area contributed by atoms with E-state index < -0.39 is 70.9 Å². The van der Waals surface area contributed by atoms with E-state index in [0.29, 0.717) is 27.8 Å². The van der Waals surface area contributed by atoms with Gasteiger partial charge in [0.15, 0.2) is 9.84 Å². The Labute approximate surface area is 253 Å². The van der Waals surface area contributed by atoms with Crippen LogP contribution in [0, 0.1) is 11.7 Å². The van der Waals surface area contributed by atoms with Crippen molar-refractivity contribution in [1.29, 1.82) is 0 Å². The first-order valence-electron chi connectivity index (χ1n) is 14.2. The third-order valence-corrected chi connectivity index (χ3v) is 8.95. The molecule has 12 heteroatoms. The Morgan fingerprint density at radius 1 is 1.05 bits per heavy atom. The average molecular weight is 628 g/mol. The van der Waals surface area contributed by atoms with Crippen LogP contribution in [0.4, 0.5) is 13.2 Å². The average Bonchev–Trinajstić information content (AvgIpc) is 3.74. The lowest BCUT2D eigenvalue weighted by Gasteiger charge is -2.25. The molecule has 1 aliphatic carbocycles. The zero-order chi connectivity index (χ0) is 31.8. The van der Waals surface area contributed by atoms with E-state index in [2.05, 4.69) is 10.6 Å². The summed E-state index contributed by atoms with van der Waals surface area (Å²) in [5.41, 5.74) is 1.37. The maximum atomic E-state index is 14.5. The number of carbonyl (C=O) groups is 3. The molecule has 1 saturated heterocycles. The van der Waals surface area contributed by atoms with Crippen LogP contribution in [-0.4, -0.2) is 62.3 Å². The first kappa shape index (κ1) is 31.2. The van der Waals surface area contributed by atoms with E-state index >= 15 is 0 Å². The molecule has 5 rings (SSSR count). The molecule has 0 radical (unpaired) electrons. The lowest BCUT2D eigenvalue weighted by molar-refractivity contribution is -0.138. The molecule has 2 atom stereocenters. The van der Waals surface area contributed by atoms with E-state index in [9.17, 15) is 36.0 Å². The summed E-state index contributed by atoms with van der Waals surface area (Å²) >= 11 is 0. The maximum absolute atomic E-state index is 14.5. The van der Waals surface area contributed by atoms with E-state index in [-0.39, 0.29) is 10.5 Å². The fraction of sp³-hybridized carbons (Fsp3) is 0.344. The largest absolute Gasteiger partial charge is 0.348 e. The molecule has 0 spiro atoms. The van der Waals surface area contributed by atoms with Crippen LogP contribution in [0.1, 0.15) is 53.7 Å². The standard InChI is InChI=1S/C32H32F3N3O5S/c1-19(27-12-11-26(44(2,42)43)15-23(27)6-5-20-3-4-20)37-31(41)28-16-32(34,35)18-38(28)29(39)17-36-30(40)24-8-7-22-14-25(33)10-9-21(22)13-24/h5-15,19-20,28H,3-4,16-18H2,1-2H3,(H,36,40)(H,37,41)/b6-5+/t19-,28-/m0/s1. The minimum Gasteiger partial charge on any atom is -0.348 e. The maximum Gasteiger partial charge on any atom is 0.267 e. The molecule has 2 fully saturated rings. The highest BCUT2D eigenvalue weighted by atomic mass is 32.2. The Bertz CT molecular complexity index is 1770. The summed E-state index contributed by atoms with van der Waals surface area (Å²) in [4.78, 5) is 39.9. The minimum absolute atomic E-state index is 0.113. The van der Waals surface area contributed by atoms with Crippen LogP contribution in [0.25, 0.3) is 16.8 Å². The summed E-state index contributed by atoms with van der Waals surface area (Å²) in [5, 5.41) is 6.32. The van der Waals surface area contributed by atoms with E-state index in [1.165, 1.54) is 42.5 Å². The van der Waals surface area contributed by atoms with Gasteiger partial charge in [0.2, 0.25) is 11.8 Å². The number of carbonyl (C=O) groups excluding carboxylic acids is 3. The highest BCUT2D eigenvalue weighted by Crippen LogP contribution is 2.34. The summed E-state index contributed by atoms with van der Waals surface area (Å²) in [5.74, 6) is -5.60. The summed E-state index contributed by atoms with van der Waals surface area (Å²) in [6.45, 7) is 0.0617. The van der Waals surface area contributed by atoms with Gasteiger partial charge in [-0.15, -0.1) is 0 Å². The molecule has 8 nitrogen and oxygen atoms in total. The molecule has 232 valence electrons. The zero-order valence-corrected chi connectivity index (χ0v) is 25.0. The number of amides is 3. The smallest absolute Gasteiger partial charge is 0.267 e. The number of hydrogen-bond donors (Lipinski definition) is 2. The minimum atomic E-state index is -3.49. The molecule has 44 heavy (non-hydrogen) atoms. The fourth-order valence-electron chi connectivity index (χ4n) is 5.27. The number of sulfone groups is 1. The fourth-order valence-corrected chi connectivity index (χ4v) is 5.92. The SMILES string of the molecule is C[C@H](NC(=O)[C@@H]1CC(F)(F)CN1C(=O)CNC(=O)c1ccc2cc(F)ccc2c1)c1ccc(S(C)(=O)=O)cc1/C=C/C1CC1. The number of likely N-dealkylation sites (tertiary alicyclic amines) is 1. The third kappa shape index (κ3) is 7.29. The van der Waals surface area contributed by atoms with Crippen molar-refractivity contribution in [1.82, 2.24) is 15.5 Å². The van der Waals surface area contributed by atoms with E-state index in [0.717, 1.165) is 24.0 Å². The van der Waals surface area contributed by atoms with Crippen molar-refractivity contribution in [2.45, 2.75) is 49.1 Å². The van der Waals surface area contributed by atoms with Crippen LogP contribution in [0.5, 0.6) is 0 Å². The summed E-state index contributed by atoms with van der Waals surface area (Å²) in [7, 11) is -3.49. The topological polar surface area (TPSA) is 113 Å². The first-order valence-corrected chi connectivity index (χ1v) is 16.1. The van der Waals surface area contributed by atoms with Gasteiger partial charge in [0, 0.05) is 18.2 Å². The Kier molecular flexibility index (Phi) is 8.57. The third-order valence-electron chi connectivity index (χ3n) is 7.84. The predicted molar refractivity (Wildman–Crippen MR) is 159 cm³/mol. The number of alkyl halides is 2. The quantitative estimate of drug-likeness (QED) is 0.359. The number of nitrogens with one attached hydrogen (secondary N) is 2. The molecule has 3 aromatic carbocycles. The highest BCUT2D eigenvalue weighted by Gasteiger charge is 2.50. The second kappa shape index (κ2) is 12.1. The Balaban J connectivity index is 1.27. The van der Waals surface area contributed by atoms with Crippen molar-refractivity contribution < 1.29 is 36.0 Å². The van der Waals surface area contributed by atoms with E-state index in [1.807, 2.05) is 6.08 Å². The Hall–Kier alpha value is -4.19. The first-order chi connectivity index (χ1) is 20.7. The predicted octanol–water partition coefficient (Wildman–Crippen LogP) is 4.65. The summed E-state index contributed by atoms with van der Waals surface area (Å²) in [6.07, 6.45) is 6.07. The van der Waals surface area contributed by atoms with Gasteiger partial charge in [0.05, 0.1) is 24.0 Å². The molecule has 1 aliphatic heterocycles. The van der Waals surface area contributed by atoms with Gasteiger partial charge in [-0.05, 0) is 84.0 Å². The van der Waals surface area contributed by atoms with Gasteiger partial charge < -0.3 is 15.5 Å². The van der Waals surface area contributed by atoms with Crippen molar-refractivity contribution in [2.24, 2.45) is 5.92 Å². The van der Waals surface area contributed by atoms with Crippen molar-refractivity contribution in [3.63, 3.8) is 0 Å².